The number of rotatable bonds is 3. The fraction of sp³-hybridized carbons (Fsp3) is 0.261. The first kappa shape index (κ1) is 19.1. The van der Waals surface area contributed by atoms with Crippen molar-refractivity contribution in [2.75, 3.05) is 0 Å². The third-order valence-electron chi connectivity index (χ3n) is 5.62. The molecule has 0 bridgehead atoms. The molecule has 1 aliphatic rings. The normalized spacial score (nSPS) is 15.0. The van der Waals surface area contributed by atoms with Crippen molar-refractivity contribution < 1.29 is 9.21 Å². The number of H-pyrrole nitrogens is 1. The van der Waals surface area contributed by atoms with Crippen LogP contribution in [0.3, 0.4) is 0 Å². The summed E-state index contributed by atoms with van der Waals surface area (Å²) in [6.07, 6.45) is 5.61. The lowest BCUT2D eigenvalue weighted by atomic mass is 9.95. The monoisotopic (exact) mass is 465 g/mol. The number of nitrogens with one attached hydrogen (secondary N) is 2. The fourth-order valence-corrected chi connectivity index (χ4v) is 4.45. The lowest BCUT2D eigenvalue weighted by molar-refractivity contribution is 0.0928. The topological polar surface area (TPSA) is 88.0 Å². The van der Waals surface area contributed by atoms with Crippen LogP contribution in [0.2, 0.25) is 0 Å². The quantitative estimate of drug-likeness (QED) is 0.437. The molecule has 1 fully saturated rings. The number of nitrogens with zero attached hydrogens (tertiary/aromatic N) is 1. The van der Waals surface area contributed by atoms with Gasteiger partial charge in [0.2, 0.25) is 5.58 Å². The second-order valence-corrected chi connectivity index (χ2v) is 8.64. The Morgan fingerprint density at radius 2 is 1.97 bits per heavy atom. The van der Waals surface area contributed by atoms with E-state index in [1.54, 1.807) is 24.3 Å². The third-order valence-corrected chi connectivity index (χ3v) is 6.12. The van der Waals surface area contributed by atoms with Crippen molar-refractivity contribution in [3.63, 3.8) is 0 Å². The smallest absolute Gasteiger partial charge is 0.294 e. The van der Waals surface area contributed by atoms with Gasteiger partial charge in [0.25, 0.3) is 11.5 Å². The van der Waals surface area contributed by atoms with Gasteiger partial charge >= 0.3 is 0 Å². The van der Waals surface area contributed by atoms with Gasteiger partial charge in [-0.05, 0) is 43.2 Å². The first-order valence-corrected chi connectivity index (χ1v) is 10.9. The molecule has 2 aromatic carbocycles. The molecule has 6 nitrogen and oxygen atoms in total. The van der Waals surface area contributed by atoms with Gasteiger partial charge in [-0.25, -0.2) is 4.98 Å². The molecule has 0 atom stereocenters. The molecule has 4 aromatic rings. The van der Waals surface area contributed by atoms with E-state index >= 15 is 0 Å². The molecule has 2 aromatic heterocycles. The molecule has 7 heteroatoms. The maximum atomic E-state index is 12.7. The van der Waals surface area contributed by atoms with E-state index in [1.165, 1.54) is 6.42 Å². The average molecular weight is 466 g/mol. The Bertz CT molecular complexity index is 1320. The Balaban J connectivity index is 1.53. The average Bonchev–Trinajstić information content (AvgIpc) is 3.13. The van der Waals surface area contributed by atoms with Crippen LogP contribution in [-0.4, -0.2) is 21.9 Å². The number of furan rings is 1. The van der Waals surface area contributed by atoms with Gasteiger partial charge in [-0.1, -0.05) is 47.3 Å². The highest BCUT2D eigenvalue weighted by molar-refractivity contribution is 9.10. The second-order valence-electron chi connectivity index (χ2n) is 7.72. The van der Waals surface area contributed by atoms with Crippen LogP contribution in [0.25, 0.3) is 33.5 Å². The molecule has 152 valence electrons. The van der Waals surface area contributed by atoms with E-state index in [-0.39, 0.29) is 23.1 Å². The molecule has 1 aliphatic carbocycles. The molecule has 1 saturated carbocycles. The number of amides is 1. The Hall–Kier alpha value is -2.93. The number of carbonyl (C=O) groups excluding carboxylic acids is 1. The van der Waals surface area contributed by atoms with Gasteiger partial charge in [-0.2, -0.15) is 0 Å². The zero-order chi connectivity index (χ0) is 20.7. The first-order valence-electron chi connectivity index (χ1n) is 10.1. The minimum absolute atomic E-state index is 0.0927. The zero-order valence-corrected chi connectivity index (χ0v) is 17.8. The summed E-state index contributed by atoms with van der Waals surface area (Å²) in [4.78, 5) is 32.8. The summed E-state index contributed by atoms with van der Waals surface area (Å²) in [7, 11) is 0. The van der Waals surface area contributed by atoms with Crippen molar-refractivity contribution in [2.45, 2.75) is 38.1 Å². The minimum atomic E-state index is -0.348. The number of carbonyl (C=O) groups is 1. The molecule has 0 aliphatic heterocycles. The fourth-order valence-electron chi connectivity index (χ4n) is 4.09. The molecular formula is C23H20BrN3O3. The Kier molecular flexibility index (Phi) is 4.90. The van der Waals surface area contributed by atoms with Crippen LogP contribution >= 0.6 is 15.9 Å². The van der Waals surface area contributed by atoms with Gasteiger partial charge < -0.3 is 14.7 Å². The van der Waals surface area contributed by atoms with Gasteiger partial charge in [0.1, 0.15) is 16.9 Å². The van der Waals surface area contributed by atoms with Crippen LogP contribution in [0.15, 0.2) is 56.1 Å². The third kappa shape index (κ3) is 3.54. The predicted molar refractivity (Wildman–Crippen MR) is 120 cm³/mol. The second kappa shape index (κ2) is 7.72. The standard InChI is InChI=1S/C23H20BrN3O3/c24-15-9-10-18-17(12-15)19-20(30-18)23(29)27-21(26-19)13-5-4-6-14(11-13)22(28)25-16-7-2-1-3-8-16/h4-6,9-12,16H,1-3,7-8H2,(H,25,28)(H,26,27,29). The largest absolute Gasteiger partial charge is 0.449 e. The number of aromatic nitrogens is 2. The number of hydrogen-bond acceptors (Lipinski definition) is 4. The van der Waals surface area contributed by atoms with Crippen LogP contribution in [0.4, 0.5) is 0 Å². The van der Waals surface area contributed by atoms with E-state index in [0.717, 1.165) is 35.5 Å². The first-order chi connectivity index (χ1) is 14.6. The molecule has 2 N–H and O–H groups in total. The van der Waals surface area contributed by atoms with E-state index in [2.05, 4.69) is 31.2 Å². The maximum Gasteiger partial charge on any atom is 0.294 e. The van der Waals surface area contributed by atoms with Crippen molar-refractivity contribution in [3.05, 3.63) is 62.9 Å². The van der Waals surface area contributed by atoms with Crippen LogP contribution in [0.5, 0.6) is 0 Å². The van der Waals surface area contributed by atoms with E-state index in [1.807, 2.05) is 18.2 Å². The molecule has 1 amide bonds. The summed E-state index contributed by atoms with van der Waals surface area (Å²) in [6.45, 7) is 0. The van der Waals surface area contributed by atoms with Crippen molar-refractivity contribution >= 4 is 43.9 Å². The van der Waals surface area contributed by atoms with Crippen molar-refractivity contribution in [1.82, 2.24) is 15.3 Å². The van der Waals surface area contributed by atoms with Crippen molar-refractivity contribution in [3.8, 4) is 11.4 Å². The summed E-state index contributed by atoms with van der Waals surface area (Å²) in [5, 5.41) is 3.89. The highest BCUT2D eigenvalue weighted by Gasteiger charge is 2.18. The van der Waals surface area contributed by atoms with E-state index < -0.39 is 0 Å². The Labute approximate surface area is 180 Å². The number of hydrogen-bond donors (Lipinski definition) is 2. The van der Waals surface area contributed by atoms with E-state index in [0.29, 0.717) is 28.1 Å². The molecule has 5 rings (SSSR count). The van der Waals surface area contributed by atoms with Crippen LogP contribution in [0, 0.1) is 0 Å². The Morgan fingerprint density at radius 1 is 1.13 bits per heavy atom. The highest BCUT2D eigenvalue weighted by atomic mass is 79.9. The van der Waals surface area contributed by atoms with Gasteiger partial charge in [0.05, 0.1) is 0 Å². The zero-order valence-electron chi connectivity index (χ0n) is 16.2. The SMILES string of the molecule is O=C(NC1CCCCC1)c1cccc(-c2nc3c(oc4ccc(Br)cc43)c(=O)[nH]2)c1. The van der Waals surface area contributed by atoms with Gasteiger partial charge in [0, 0.05) is 27.0 Å². The highest BCUT2D eigenvalue weighted by Crippen LogP contribution is 2.29. The number of aromatic amines is 1. The summed E-state index contributed by atoms with van der Waals surface area (Å²) in [5.41, 5.74) is 2.18. The van der Waals surface area contributed by atoms with Crippen LogP contribution in [-0.2, 0) is 0 Å². The van der Waals surface area contributed by atoms with Crippen LogP contribution in [0.1, 0.15) is 42.5 Å². The summed E-state index contributed by atoms with van der Waals surface area (Å²) < 4.78 is 6.56. The number of benzene rings is 2. The molecule has 30 heavy (non-hydrogen) atoms. The van der Waals surface area contributed by atoms with Crippen molar-refractivity contribution in [1.29, 1.82) is 0 Å². The molecular weight excluding hydrogens is 446 g/mol. The predicted octanol–water partition coefficient (Wildman–Crippen LogP) is 5.16. The molecule has 0 saturated heterocycles. The van der Waals surface area contributed by atoms with Gasteiger partial charge in [-0.15, -0.1) is 0 Å². The van der Waals surface area contributed by atoms with Gasteiger partial charge in [-0.3, -0.25) is 9.59 Å². The van der Waals surface area contributed by atoms with Gasteiger partial charge in [0.15, 0.2) is 0 Å². The maximum absolute atomic E-state index is 12.7. The molecule has 0 radical (unpaired) electrons. The van der Waals surface area contributed by atoms with Crippen molar-refractivity contribution in [2.24, 2.45) is 0 Å². The van der Waals surface area contributed by atoms with Crippen LogP contribution < -0.4 is 10.9 Å². The number of fused-ring (bicyclic) bond motifs is 3. The van der Waals surface area contributed by atoms with E-state index in [9.17, 15) is 9.59 Å². The lowest BCUT2D eigenvalue weighted by Gasteiger charge is -2.22. The number of halogens is 1. The summed E-state index contributed by atoms with van der Waals surface area (Å²) in [6, 6.07) is 13.0. The Morgan fingerprint density at radius 3 is 2.80 bits per heavy atom. The molecule has 0 spiro atoms. The van der Waals surface area contributed by atoms with E-state index in [4.69, 9.17) is 4.42 Å². The summed E-state index contributed by atoms with van der Waals surface area (Å²) >= 11 is 3.45. The molecule has 0 unspecified atom stereocenters. The minimum Gasteiger partial charge on any atom is -0.449 e. The lowest BCUT2D eigenvalue weighted by Crippen LogP contribution is -2.36. The molecule has 2 heterocycles. The summed E-state index contributed by atoms with van der Waals surface area (Å²) in [5.74, 6) is 0.312.